The van der Waals surface area contributed by atoms with Gasteiger partial charge in [0.15, 0.2) is 0 Å². The van der Waals surface area contributed by atoms with Crippen LogP contribution in [0, 0.1) is 5.92 Å². The standard InChI is InChI=1S/C17H35NO4/c1-3-5-6-7-8-9-13(4-2)10-18-11-15(20)17(22)16(21)14(18)12-19/h13-17,19-22H,3-12H2,1-2H3. The van der Waals surface area contributed by atoms with E-state index in [1.165, 1.54) is 32.1 Å². The van der Waals surface area contributed by atoms with E-state index in [0.29, 0.717) is 12.5 Å². The minimum absolute atomic E-state index is 0.197. The summed E-state index contributed by atoms with van der Waals surface area (Å²) in [6.45, 7) is 5.26. The fraction of sp³-hybridized carbons (Fsp3) is 1.00. The molecule has 1 heterocycles. The Morgan fingerprint density at radius 3 is 2.27 bits per heavy atom. The van der Waals surface area contributed by atoms with Crippen LogP contribution in [-0.4, -0.2) is 69.4 Å². The summed E-state index contributed by atoms with van der Waals surface area (Å²) in [5.41, 5.74) is 0. The smallest absolute Gasteiger partial charge is 0.109 e. The van der Waals surface area contributed by atoms with E-state index in [1.54, 1.807) is 0 Å². The predicted octanol–water partition coefficient (Wildman–Crippen LogP) is 1.13. The van der Waals surface area contributed by atoms with Crippen molar-refractivity contribution in [3.05, 3.63) is 0 Å². The highest BCUT2D eigenvalue weighted by molar-refractivity contribution is 4.94. The Labute approximate surface area is 135 Å². The Bertz CT molecular complexity index is 290. The molecule has 0 aliphatic carbocycles. The van der Waals surface area contributed by atoms with E-state index in [9.17, 15) is 20.4 Å². The van der Waals surface area contributed by atoms with E-state index < -0.39 is 24.4 Å². The van der Waals surface area contributed by atoms with Gasteiger partial charge >= 0.3 is 0 Å². The van der Waals surface area contributed by atoms with Crippen molar-refractivity contribution in [1.82, 2.24) is 4.90 Å². The Morgan fingerprint density at radius 2 is 1.68 bits per heavy atom. The van der Waals surface area contributed by atoms with Crippen molar-refractivity contribution in [3.8, 4) is 0 Å². The lowest BCUT2D eigenvalue weighted by atomic mass is 9.91. The maximum atomic E-state index is 10.0. The highest BCUT2D eigenvalue weighted by Gasteiger charge is 2.41. The van der Waals surface area contributed by atoms with Gasteiger partial charge in [0.1, 0.15) is 12.2 Å². The average Bonchev–Trinajstić information content (AvgIpc) is 2.51. The number of β-amino-alcohol motifs (C(OH)–C–C–N with tert-alkyl or cyclic N) is 1. The summed E-state index contributed by atoms with van der Waals surface area (Å²) in [4.78, 5) is 1.95. The maximum absolute atomic E-state index is 10.0. The molecule has 0 aromatic rings. The first-order valence-electron chi connectivity index (χ1n) is 8.94. The first-order valence-corrected chi connectivity index (χ1v) is 8.94. The zero-order valence-electron chi connectivity index (χ0n) is 14.2. The van der Waals surface area contributed by atoms with Gasteiger partial charge in [-0.05, 0) is 12.3 Å². The fourth-order valence-electron chi connectivity index (χ4n) is 3.38. The lowest BCUT2D eigenvalue weighted by Crippen LogP contribution is -2.63. The predicted molar refractivity (Wildman–Crippen MR) is 87.6 cm³/mol. The van der Waals surface area contributed by atoms with Gasteiger partial charge in [0.2, 0.25) is 0 Å². The lowest BCUT2D eigenvalue weighted by molar-refractivity contribution is -0.147. The van der Waals surface area contributed by atoms with Gasteiger partial charge in [-0.3, -0.25) is 4.90 Å². The molecule has 5 heteroatoms. The topological polar surface area (TPSA) is 84.2 Å². The van der Waals surface area contributed by atoms with Crippen LogP contribution >= 0.6 is 0 Å². The van der Waals surface area contributed by atoms with Crippen LogP contribution in [0.5, 0.6) is 0 Å². The van der Waals surface area contributed by atoms with E-state index in [2.05, 4.69) is 13.8 Å². The Kier molecular flexibility index (Phi) is 9.52. The van der Waals surface area contributed by atoms with Crippen LogP contribution in [0.2, 0.25) is 0 Å². The molecule has 1 aliphatic heterocycles. The molecule has 132 valence electrons. The van der Waals surface area contributed by atoms with Crippen LogP contribution in [-0.2, 0) is 0 Å². The number of likely N-dealkylation sites (tertiary alicyclic amines) is 1. The number of aliphatic hydroxyl groups excluding tert-OH is 4. The summed E-state index contributed by atoms with van der Waals surface area (Å²) in [5.74, 6) is 0.505. The van der Waals surface area contributed by atoms with Gasteiger partial charge < -0.3 is 20.4 Å². The van der Waals surface area contributed by atoms with Gasteiger partial charge in [-0.2, -0.15) is 0 Å². The van der Waals surface area contributed by atoms with Gasteiger partial charge in [0.05, 0.1) is 18.8 Å². The Hall–Kier alpha value is -0.200. The van der Waals surface area contributed by atoms with Crippen molar-refractivity contribution in [2.24, 2.45) is 5.92 Å². The number of unbranched alkanes of at least 4 members (excludes halogenated alkanes) is 4. The fourth-order valence-corrected chi connectivity index (χ4v) is 3.38. The largest absolute Gasteiger partial charge is 0.395 e. The van der Waals surface area contributed by atoms with Gasteiger partial charge in [-0.15, -0.1) is 0 Å². The average molecular weight is 317 g/mol. The highest BCUT2D eigenvalue weighted by atomic mass is 16.4. The molecule has 0 radical (unpaired) electrons. The molecule has 5 atom stereocenters. The Balaban J connectivity index is 2.46. The molecular formula is C17H35NO4. The molecule has 5 nitrogen and oxygen atoms in total. The van der Waals surface area contributed by atoms with Crippen LogP contribution in [0.25, 0.3) is 0 Å². The molecule has 4 N–H and O–H groups in total. The molecule has 0 bridgehead atoms. The summed E-state index contributed by atoms with van der Waals surface area (Å²) < 4.78 is 0. The summed E-state index contributed by atoms with van der Waals surface area (Å²) in [5, 5.41) is 39.1. The molecule has 0 aromatic heterocycles. The SMILES string of the molecule is CCCCCCCC(CC)CN1CC(O)C(O)C(O)C1CO. The first-order chi connectivity index (χ1) is 10.5. The van der Waals surface area contributed by atoms with Gasteiger partial charge in [-0.25, -0.2) is 0 Å². The molecule has 1 rings (SSSR count). The number of piperidine rings is 1. The highest BCUT2D eigenvalue weighted by Crippen LogP contribution is 2.23. The zero-order chi connectivity index (χ0) is 16.5. The van der Waals surface area contributed by atoms with Crippen molar-refractivity contribution in [1.29, 1.82) is 0 Å². The molecule has 0 saturated carbocycles. The second-order valence-corrected chi connectivity index (χ2v) is 6.73. The van der Waals surface area contributed by atoms with Crippen LogP contribution in [0.15, 0.2) is 0 Å². The van der Waals surface area contributed by atoms with Crippen LogP contribution < -0.4 is 0 Å². The summed E-state index contributed by atoms with van der Waals surface area (Å²) in [7, 11) is 0. The monoisotopic (exact) mass is 317 g/mol. The number of hydrogen-bond acceptors (Lipinski definition) is 5. The molecule has 1 saturated heterocycles. The minimum atomic E-state index is -1.16. The zero-order valence-corrected chi connectivity index (χ0v) is 14.2. The van der Waals surface area contributed by atoms with E-state index in [0.717, 1.165) is 19.4 Å². The van der Waals surface area contributed by atoms with Gasteiger partial charge in [0, 0.05) is 13.1 Å². The number of nitrogens with zero attached hydrogens (tertiary/aromatic N) is 1. The summed E-state index contributed by atoms with van der Waals surface area (Å²) in [6, 6.07) is -0.479. The second kappa shape index (κ2) is 10.6. The Morgan fingerprint density at radius 1 is 1.00 bits per heavy atom. The molecular weight excluding hydrogens is 282 g/mol. The number of aliphatic hydroxyl groups is 4. The third-order valence-electron chi connectivity index (χ3n) is 5.00. The van der Waals surface area contributed by atoms with Gasteiger partial charge in [-0.1, -0.05) is 52.4 Å². The third kappa shape index (κ3) is 5.78. The van der Waals surface area contributed by atoms with Crippen LogP contribution in [0.1, 0.15) is 58.8 Å². The van der Waals surface area contributed by atoms with Crippen molar-refractivity contribution in [2.75, 3.05) is 19.7 Å². The van der Waals surface area contributed by atoms with E-state index in [1.807, 2.05) is 4.90 Å². The molecule has 0 spiro atoms. The summed E-state index contributed by atoms with van der Waals surface area (Å²) >= 11 is 0. The van der Waals surface area contributed by atoms with E-state index in [4.69, 9.17) is 0 Å². The van der Waals surface area contributed by atoms with Crippen molar-refractivity contribution >= 4 is 0 Å². The van der Waals surface area contributed by atoms with Crippen molar-refractivity contribution in [2.45, 2.75) is 83.1 Å². The molecule has 5 unspecified atom stereocenters. The van der Waals surface area contributed by atoms with Crippen molar-refractivity contribution in [3.63, 3.8) is 0 Å². The molecule has 22 heavy (non-hydrogen) atoms. The molecule has 1 fully saturated rings. The first kappa shape index (κ1) is 19.8. The van der Waals surface area contributed by atoms with Crippen LogP contribution in [0.4, 0.5) is 0 Å². The molecule has 0 amide bonds. The minimum Gasteiger partial charge on any atom is -0.395 e. The molecule has 0 aromatic carbocycles. The third-order valence-corrected chi connectivity index (χ3v) is 5.00. The number of hydrogen-bond donors (Lipinski definition) is 4. The van der Waals surface area contributed by atoms with Crippen molar-refractivity contribution < 1.29 is 20.4 Å². The van der Waals surface area contributed by atoms with E-state index in [-0.39, 0.29) is 6.61 Å². The van der Waals surface area contributed by atoms with E-state index >= 15 is 0 Å². The second-order valence-electron chi connectivity index (χ2n) is 6.73. The normalized spacial score (nSPS) is 31.4. The number of rotatable bonds is 10. The summed E-state index contributed by atoms with van der Waals surface area (Å²) in [6.07, 6.45) is 5.31. The van der Waals surface area contributed by atoms with Gasteiger partial charge in [0.25, 0.3) is 0 Å². The van der Waals surface area contributed by atoms with Crippen LogP contribution in [0.3, 0.4) is 0 Å². The maximum Gasteiger partial charge on any atom is 0.109 e. The quantitative estimate of drug-likeness (QED) is 0.454. The lowest BCUT2D eigenvalue weighted by Gasteiger charge is -2.44. The molecule has 1 aliphatic rings.